The van der Waals surface area contributed by atoms with Crippen molar-refractivity contribution in [2.45, 2.75) is 6.42 Å². The molecule has 0 saturated carbocycles. The highest BCUT2D eigenvalue weighted by Gasteiger charge is 2.18. The quantitative estimate of drug-likeness (QED) is 0.830. The third-order valence-electron chi connectivity index (χ3n) is 3.63. The molecule has 0 radical (unpaired) electrons. The Morgan fingerprint density at radius 2 is 1.90 bits per heavy atom. The van der Waals surface area contributed by atoms with Crippen LogP contribution in [0.4, 0.5) is 5.82 Å². The Labute approximate surface area is 119 Å². The van der Waals surface area contributed by atoms with Crippen LogP contribution in [0.2, 0.25) is 0 Å². The first-order chi connectivity index (χ1) is 9.84. The summed E-state index contributed by atoms with van der Waals surface area (Å²) in [5.41, 5.74) is 1.94. The van der Waals surface area contributed by atoms with Crippen LogP contribution in [0, 0.1) is 0 Å². The highest BCUT2D eigenvalue weighted by Crippen LogP contribution is 2.26. The zero-order chi connectivity index (χ0) is 13.8. The second kappa shape index (κ2) is 5.96. The van der Waals surface area contributed by atoms with E-state index in [9.17, 15) is 0 Å². The Hall–Kier alpha value is -2.01. The highest BCUT2D eigenvalue weighted by atomic mass is 15.2. The van der Waals surface area contributed by atoms with Crippen LogP contribution in [0.1, 0.15) is 6.42 Å². The highest BCUT2D eigenvalue weighted by molar-refractivity contribution is 5.71. The SMILES string of the molecule is CN1CCCN(c2nccnc2-c2cccnc2)CC1. The lowest BCUT2D eigenvalue weighted by atomic mass is 10.2. The van der Waals surface area contributed by atoms with Gasteiger partial charge in [-0.2, -0.15) is 0 Å². The van der Waals surface area contributed by atoms with E-state index in [-0.39, 0.29) is 0 Å². The fraction of sp³-hybridized carbons (Fsp3) is 0.400. The number of aromatic nitrogens is 3. The van der Waals surface area contributed by atoms with Crippen molar-refractivity contribution in [3.8, 4) is 11.3 Å². The summed E-state index contributed by atoms with van der Waals surface area (Å²) < 4.78 is 0. The van der Waals surface area contributed by atoms with Gasteiger partial charge in [-0.1, -0.05) is 0 Å². The molecule has 104 valence electrons. The van der Waals surface area contributed by atoms with Crippen LogP contribution in [-0.2, 0) is 0 Å². The maximum absolute atomic E-state index is 4.56. The Morgan fingerprint density at radius 1 is 1.00 bits per heavy atom. The van der Waals surface area contributed by atoms with E-state index in [4.69, 9.17) is 0 Å². The average Bonchev–Trinajstić information content (AvgIpc) is 2.73. The second-order valence-corrected chi connectivity index (χ2v) is 5.11. The van der Waals surface area contributed by atoms with Gasteiger partial charge in [0.05, 0.1) is 0 Å². The van der Waals surface area contributed by atoms with Crippen LogP contribution < -0.4 is 4.90 Å². The van der Waals surface area contributed by atoms with Gasteiger partial charge in [0.1, 0.15) is 5.69 Å². The number of likely N-dealkylation sites (N-methyl/N-ethyl adjacent to an activating group) is 1. The van der Waals surface area contributed by atoms with Crippen LogP contribution >= 0.6 is 0 Å². The fourth-order valence-electron chi connectivity index (χ4n) is 2.53. The minimum atomic E-state index is 0.921. The molecule has 1 aliphatic heterocycles. The van der Waals surface area contributed by atoms with Crippen molar-refractivity contribution in [3.63, 3.8) is 0 Å². The molecule has 2 aromatic heterocycles. The van der Waals surface area contributed by atoms with Crippen LogP contribution in [0.3, 0.4) is 0 Å². The van der Waals surface area contributed by atoms with Crippen molar-refractivity contribution in [2.75, 3.05) is 38.1 Å². The molecular formula is C15H19N5. The topological polar surface area (TPSA) is 45.2 Å². The van der Waals surface area contributed by atoms with Gasteiger partial charge in [0.15, 0.2) is 5.82 Å². The molecular weight excluding hydrogens is 250 g/mol. The third-order valence-corrected chi connectivity index (χ3v) is 3.63. The van der Waals surface area contributed by atoms with Crippen molar-refractivity contribution in [3.05, 3.63) is 36.9 Å². The van der Waals surface area contributed by atoms with Crippen molar-refractivity contribution in [1.29, 1.82) is 0 Å². The predicted octanol–water partition coefficient (Wildman–Crippen LogP) is 1.68. The first kappa shape index (κ1) is 13.0. The van der Waals surface area contributed by atoms with E-state index in [1.165, 1.54) is 0 Å². The second-order valence-electron chi connectivity index (χ2n) is 5.11. The molecule has 3 heterocycles. The summed E-state index contributed by atoms with van der Waals surface area (Å²) in [4.78, 5) is 18.0. The lowest BCUT2D eigenvalue weighted by Crippen LogP contribution is -2.30. The number of nitrogens with zero attached hydrogens (tertiary/aromatic N) is 5. The fourth-order valence-corrected chi connectivity index (χ4v) is 2.53. The van der Waals surface area contributed by atoms with Crippen LogP contribution in [-0.4, -0.2) is 53.1 Å². The normalized spacial score (nSPS) is 16.9. The van der Waals surface area contributed by atoms with Gasteiger partial charge in [-0.15, -0.1) is 0 Å². The van der Waals surface area contributed by atoms with Crippen LogP contribution in [0.15, 0.2) is 36.9 Å². The first-order valence-corrected chi connectivity index (χ1v) is 6.99. The summed E-state index contributed by atoms with van der Waals surface area (Å²) in [6.07, 6.45) is 8.29. The monoisotopic (exact) mass is 269 g/mol. The van der Waals surface area contributed by atoms with Crippen molar-refractivity contribution >= 4 is 5.82 Å². The molecule has 1 saturated heterocycles. The van der Waals surface area contributed by atoms with E-state index in [0.717, 1.165) is 49.7 Å². The van der Waals surface area contributed by atoms with Gasteiger partial charge in [-0.05, 0) is 32.1 Å². The maximum Gasteiger partial charge on any atom is 0.155 e. The molecule has 0 amide bonds. The molecule has 0 aromatic carbocycles. The Bertz CT molecular complexity index is 557. The Balaban J connectivity index is 1.93. The van der Waals surface area contributed by atoms with Crippen LogP contribution in [0.5, 0.6) is 0 Å². The number of hydrogen-bond acceptors (Lipinski definition) is 5. The minimum Gasteiger partial charge on any atom is -0.353 e. The van der Waals surface area contributed by atoms with Crippen molar-refractivity contribution in [2.24, 2.45) is 0 Å². The van der Waals surface area contributed by atoms with Gasteiger partial charge in [0.25, 0.3) is 0 Å². The zero-order valence-corrected chi connectivity index (χ0v) is 11.7. The molecule has 0 aliphatic carbocycles. The third kappa shape index (κ3) is 2.77. The summed E-state index contributed by atoms with van der Waals surface area (Å²) in [5.74, 6) is 0.968. The average molecular weight is 269 g/mol. The number of hydrogen-bond donors (Lipinski definition) is 0. The standard InChI is InChI=1S/C15H19N5/c1-19-8-3-9-20(11-10-19)15-14(17-6-7-18-15)13-4-2-5-16-12-13/h2,4-7,12H,3,8-11H2,1H3. The lowest BCUT2D eigenvalue weighted by molar-refractivity contribution is 0.360. The Kier molecular flexibility index (Phi) is 3.87. The van der Waals surface area contributed by atoms with Gasteiger partial charge < -0.3 is 9.80 Å². The molecule has 5 nitrogen and oxygen atoms in total. The predicted molar refractivity (Wildman–Crippen MR) is 79.6 cm³/mol. The van der Waals surface area contributed by atoms with Crippen molar-refractivity contribution in [1.82, 2.24) is 19.9 Å². The molecule has 1 fully saturated rings. The van der Waals surface area contributed by atoms with Crippen LogP contribution in [0.25, 0.3) is 11.3 Å². The molecule has 0 unspecified atom stereocenters. The summed E-state index contributed by atoms with van der Waals surface area (Å²) in [7, 11) is 2.17. The number of anilines is 1. The summed E-state index contributed by atoms with van der Waals surface area (Å²) in [6.45, 7) is 4.21. The van der Waals surface area contributed by atoms with Gasteiger partial charge in [-0.25, -0.2) is 4.98 Å². The molecule has 5 heteroatoms. The van der Waals surface area contributed by atoms with E-state index in [1.54, 1.807) is 18.6 Å². The molecule has 1 aliphatic rings. The molecule has 0 atom stereocenters. The van der Waals surface area contributed by atoms with Gasteiger partial charge in [-0.3, -0.25) is 9.97 Å². The van der Waals surface area contributed by atoms with E-state index in [2.05, 4.69) is 31.8 Å². The maximum atomic E-state index is 4.56. The largest absolute Gasteiger partial charge is 0.353 e. The summed E-state index contributed by atoms with van der Waals surface area (Å²) in [6, 6.07) is 3.97. The minimum absolute atomic E-state index is 0.921. The molecule has 20 heavy (non-hydrogen) atoms. The Morgan fingerprint density at radius 3 is 2.75 bits per heavy atom. The molecule has 0 spiro atoms. The molecule has 2 aromatic rings. The van der Waals surface area contributed by atoms with Gasteiger partial charge in [0, 0.05) is 50.0 Å². The molecule has 3 rings (SSSR count). The molecule has 0 N–H and O–H groups in total. The number of rotatable bonds is 2. The molecule has 0 bridgehead atoms. The summed E-state index contributed by atoms with van der Waals surface area (Å²) >= 11 is 0. The van der Waals surface area contributed by atoms with E-state index in [1.807, 2.05) is 18.3 Å². The smallest absolute Gasteiger partial charge is 0.155 e. The zero-order valence-electron chi connectivity index (χ0n) is 11.7. The van der Waals surface area contributed by atoms with Crippen molar-refractivity contribution < 1.29 is 0 Å². The van der Waals surface area contributed by atoms with E-state index >= 15 is 0 Å². The van der Waals surface area contributed by atoms with Gasteiger partial charge >= 0.3 is 0 Å². The lowest BCUT2D eigenvalue weighted by Gasteiger charge is -2.23. The first-order valence-electron chi connectivity index (χ1n) is 6.99. The van der Waals surface area contributed by atoms with E-state index in [0.29, 0.717) is 0 Å². The number of pyridine rings is 1. The van der Waals surface area contributed by atoms with Gasteiger partial charge in [0.2, 0.25) is 0 Å². The van der Waals surface area contributed by atoms with E-state index < -0.39 is 0 Å². The summed E-state index contributed by atoms with van der Waals surface area (Å²) in [5, 5.41) is 0.